The van der Waals surface area contributed by atoms with Crippen molar-refractivity contribution < 1.29 is 18.7 Å². The van der Waals surface area contributed by atoms with Gasteiger partial charge in [0, 0.05) is 23.3 Å². The molecule has 28 heavy (non-hydrogen) atoms. The highest BCUT2D eigenvalue weighted by atomic mass is 19.1. The number of anilines is 3. The normalized spacial score (nSPS) is 10.2. The molecule has 0 aliphatic heterocycles. The number of nitrogens with one attached hydrogen (secondary N) is 2. The molecule has 0 bridgehead atoms. The van der Waals surface area contributed by atoms with Crippen molar-refractivity contribution in [3.05, 3.63) is 83.9 Å². The van der Waals surface area contributed by atoms with E-state index in [1.807, 2.05) is 0 Å². The topological polar surface area (TPSA) is 80.3 Å². The molecular formula is C21H18FN3O3. The van der Waals surface area contributed by atoms with Crippen LogP contribution < -0.4 is 10.6 Å². The molecule has 1 amide bonds. The standard InChI is InChI=1S/C21H18FN3O3/c1-2-28-21(27)14-6-8-16(9-7-14)24-18-10-11-23-19(13-18)20(26)25-17-5-3-4-15(22)12-17/h3-13H,2H2,1H3,(H,23,24)(H,25,26). The van der Waals surface area contributed by atoms with E-state index in [1.165, 1.54) is 24.4 Å². The minimum Gasteiger partial charge on any atom is -0.462 e. The smallest absolute Gasteiger partial charge is 0.338 e. The predicted octanol–water partition coefficient (Wildman–Crippen LogP) is 4.39. The highest BCUT2D eigenvalue weighted by molar-refractivity contribution is 6.03. The van der Waals surface area contributed by atoms with Crippen molar-refractivity contribution in [1.29, 1.82) is 0 Å². The molecule has 1 aromatic heterocycles. The molecule has 0 aliphatic rings. The van der Waals surface area contributed by atoms with Crippen LogP contribution in [-0.2, 0) is 4.74 Å². The number of rotatable bonds is 6. The fraction of sp³-hybridized carbons (Fsp3) is 0.0952. The molecule has 0 aliphatic carbocycles. The Labute approximate surface area is 161 Å². The Bertz CT molecular complexity index is 990. The highest BCUT2D eigenvalue weighted by Crippen LogP contribution is 2.19. The van der Waals surface area contributed by atoms with Gasteiger partial charge in [-0.3, -0.25) is 9.78 Å². The number of pyridine rings is 1. The van der Waals surface area contributed by atoms with Gasteiger partial charge in [-0.05, 0) is 61.5 Å². The predicted molar refractivity (Wildman–Crippen MR) is 104 cm³/mol. The molecular weight excluding hydrogens is 361 g/mol. The summed E-state index contributed by atoms with van der Waals surface area (Å²) in [4.78, 5) is 28.1. The van der Waals surface area contributed by atoms with Crippen LogP contribution in [0.2, 0.25) is 0 Å². The zero-order valence-corrected chi connectivity index (χ0v) is 15.1. The number of carbonyl (C=O) groups excluding carboxylic acids is 2. The molecule has 0 saturated carbocycles. The zero-order valence-electron chi connectivity index (χ0n) is 15.1. The number of benzene rings is 2. The summed E-state index contributed by atoms with van der Waals surface area (Å²) in [6, 6.07) is 15.7. The van der Waals surface area contributed by atoms with E-state index in [4.69, 9.17) is 4.74 Å². The molecule has 2 N–H and O–H groups in total. The van der Waals surface area contributed by atoms with Crippen LogP contribution in [-0.4, -0.2) is 23.5 Å². The number of halogens is 1. The third-order valence-corrected chi connectivity index (χ3v) is 3.76. The molecule has 0 fully saturated rings. The minimum absolute atomic E-state index is 0.178. The zero-order chi connectivity index (χ0) is 19.9. The van der Waals surface area contributed by atoms with Gasteiger partial charge in [-0.25, -0.2) is 9.18 Å². The van der Waals surface area contributed by atoms with E-state index in [9.17, 15) is 14.0 Å². The first-order valence-corrected chi connectivity index (χ1v) is 8.62. The van der Waals surface area contributed by atoms with Crippen LogP contribution in [0.3, 0.4) is 0 Å². The van der Waals surface area contributed by atoms with Gasteiger partial charge in [-0.15, -0.1) is 0 Å². The monoisotopic (exact) mass is 379 g/mol. The van der Waals surface area contributed by atoms with Crippen molar-refractivity contribution in [3.63, 3.8) is 0 Å². The molecule has 0 unspecified atom stereocenters. The average Bonchev–Trinajstić information content (AvgIpc) is 2.69. The van der Waals surface area contributed by atoms with Gasteiger partial charge in [0.2, 0.25) is 0 Å². The molecule has 1 heterocycles. The second-order valence-corrected chi connectivity index (χ2v) is 5.82. The van der Waals surface area contributed by atoms with Crippen molar-refractivity contribution in [2.24, 2.45) is 0 Å². The molecule has 142 valence electrons. The summed E-state index contributed by atoms with van der Waals surface area (Å²) in [5.74, 6) is -1.27. The van der Waals surface area contributed by atoms with Gasteiger partial charge < -0.3 is 15.4 Å². The lowest BCUT2D eigenvalue weighted by molar-refractivity contribution is 0.0526. The highest BCUT2D eigenvalue weighted by Gasteiger charge is 2.10. The number of nitrogens with zero attached hydrogens (tertiary/aromatic N) is 1. The van der Waals surface area contributed by atoms with Crippen molar-refractivity contribution in [2.75, 3.05) is 17.2 Å². The van der Waals surface area contributed by atoms with E-state index in [2.05, 4.69) is 15.6 Å². The second kappa shape index (κ2) is 8.77. The van der Waals surface area contributed by atoms with Crippen LogP contribution in [0.15, 0.2) is 66.9 Å². The van der Waals surface area contributed by atoms with Crippen LogP contribution in [0.5, 0.6) is 0 Å². The fourth-order valence-electron chi connectivity index (χ4n) is 2.46. The summed E-state index contributed by atoms with van der Waals surface area (Å²) in [7, 11) is 0. The fourth-order valence-corrected chi connectivity index (χ4v) is 2.46. The van der Waals surface area contributed by atoms with Crippen LogP contribution in [0, 0.1) is 5.82 Å². The summed E-state index contributed by atoms with van der Waals surface area (Å²) in [5, 5.41) is 5.74. The number of ether oxygens (including phenoxy) is 1. The average molecular weight is 379 g/mol. The van der Waals surface area contributed by atoms with E-state index in [-0.39, 0.29) is 11.7 Å². The number of hydrogen-bond donors (Lipinski definition) is 2. The summed E-state index contributed by atoms with van der Waals surface area (Å²) >= 11 is 0. The lowest BCUT2D eigenvalue weighted by atomic mass is 10.2. The van der Waals surface area contributed by atoms with Gasteiger partial charge in [0.25, 0.3) is 5.91 Å². The lowest BCUT2D eigenvalue weighted by Crippen LogP contribution is -2.13. The van der Waals surface area contributed by atoms with Crippen molar-refractivity contribution >= 4 is 28.9 Å². The molecule has 0 saturated heterocycles. The first-order valence-electron chi connectivity index (χ1n) is 8.62. The Balaban J connectivity index is 1.69. The Morgan fingerprint density at radius 3 is 2.50 bits per heavy atom. The number of carbonyl (C=O) groups is 2. The maximum Gasteiger partial charge on any atom is 0.338 e. The third kappa shape index (κ3) is 4.91. The second-order valence-electron chi connectivity index (χ2n) is 5.82. The van der Waals surface area contributed by atoms with Crippen LogP contribution >= 0.6 is 0 Å². The number of hydrogen-bond acceptors (Lipinski definition) is 5. The Hall–Kier alpha value is -3.74. The molecule has 0 radical (unpaired) electrons. The Morgan fingerprint density at radius 2 is 1.79 bits per heavy atom. The van der Waals surface area contributed by atoms with Crippen LogP contribution in [0.25, 0.3) is 0 Å². The van der Waals surface area contributed by atoms with Gasteiger partial charge in [-0.2, -0.15) is 0 Å². The molecule has 3 aromatic rings. The number of esters is 1. The Kier molecular flexibility index (Phi) is 5.96. The van der Waals surface area contributed by atoms with Gasteiger partial charge in [0.15, 0.2) is 0 Å². The quantitative estimate of drug-likeness (QED) is 0.621. The summed E-state index contributed by atoms with van der Waals surface area (Å²) in [6.45, 7) is 2.07. The van der Waals surface area contributed by atoms with Crippen molar-refractivity contribution in [3.8, 4) is 0 Å². The van der Waals surface area contributed by atoms with Gasteiger partial charge in [-0.1, -0.05) is 6.07 Å². The molecule has 2 aromatic carbocycles. The maximum atomic E-state index is 13.2. The maximum absolute atomic E-state index is 13.2. The first kappa shape index (κ1) is 19.0. The summed E-state index contributed by atoms with van der Waals surface area (Å²) < 4.78 is 18.2. The van der Waals surface area contributed by atoms with E-state index in [0.717, 1.165) is 5.69 Å². The van der Waals surface area contributed by atoms with Crippen LogP contribution in [0.4, 0.5) is 21.5 Å². The van der Waals surface area contributed by atoms with Gasteiger partial charge in [0.1, 0.15) is 11.5 Å². The van der Waals surface area contributed by atoms with Gasteiger partial charge >= 0.3 is 5.97 Å². The molecule has 7 heteroatoms. The molecule has 3 rings (SSSR count). The number of aromatic nitrogens is 1. The summed E-state index contributed by atoms with van der Waals surface area (Å²) in [6.07, 6.45) is 1.50. The number of amides is 1. The van der Waals surface area contributed by atoms with E-state index >= 15 is 0 Å². The minimum atomic E-state index is -0.452. The SMILES string of the molecule is CCOC(=O)c1ccc(Nc2ccnc(C(=O)Nc3cccc(F)c3)c2)cc1. The summed E-state index contributed by atoms with van der Waals surface area (Å²) in [5.41, 5.74) is 2.36. The largest absolute Gasteiger partial charge is 0.462 e. The van der Waals surface area contributed by atoms with Crippen LogP contribution in [0.1, 0.15) is 27.8 Å². The first-order chi connectivity index (χ1) is 13.5. The van der Waals surface area contributed by atoms with E-state index in [0.29, 0.717) is 23.5 Å². The van der Waals surface area contributed by atoms with Crippen molar-refractivity contribution in [1.82, 2.24) is 4.98 Å². The molecule has 0 atom stereocenters. The molecule has 0 spiro atoms. The molecule has 6 nitrogen and oxygen atoms in total. The van der Waals surface area contributed by atoms with Crippen molar-refractivity contribution in [2.45, 2.75) is 6.92 Å². The van der Waals surface area contributed by atoms with E-state index in [1.54, 1.807) is 49.4 Å². The van der Waals surface area contributed by atoms with E-state index < -0.39 is 11.7 Å². The lowest BCUT2D eigenvalue weighted by Gasteiger charge is -2.09. The third-order valence-electron chi connectivity index (χ3n) is 3.76. The van der Waals surface area contributed by atoms with Gasteiger partial charge in [0.05, 0.1) is 12.2 Å². The Morgan fingerprint density at radius 1 is 1.00 bits per heavy atom.